The summed E-state index contributed by atoms with van der Waals surface area (Å²) in [5.74, 6) is -1.06. The summed E-state index contributed by atoms with van der Waals surface area (Å²) in [7, 11) is 0. The van der Waals surface area contributed by atoms with Crippen molar-refractivity contribution in [2.75, 3.05) is 0 Å². The van der Waals surface area contributed by atoms with Gasteiger partial charge in [0.25, 0.3) is 0 Å². The van der Waals surface area contributed by atoms with Gasteiger partial charge in [-0.15, -0.1) is 11.3 Å². The molecule has 0 radical (unpaired) electrons. The number of nitrogens with zero attached hydrogens (tertiary/aromatic N) is 1. The van der Waals surface area contributed by atoms with E-state index in [2.05, 4.69) is 4.98 Å². The van der Waals surface area contributed by atoms with Crippen LogP contribution in [0.25, 0.3) is 10.2 Å². The van der Waals surface area contributed by atoms with Crippen molar-refractivity contribution in [2.24, 2.45) is 0 Å². The average Bonchev–Trinajstić information content (AvgIpc) is 2.59. The molecule has 0 aliphatic carbocycles. The fourth-order valence-electron chi connectivity index (χ4n) is 1.10. The van der Waals surface area contributed by atoms with E-state index in [1.165, 1.54) is 23.1 Å². The number of carboxylic acids is 1. The number of benzene rings is 1. The monoisotopic (exact) mass is 238 g/mol. The van der Waals surface area contributed by atoms with Crippen LogP contribution in [0.5, 0.6) is 0 Å². The van der Waals surface area contributed by atoms with E-state index in [-0.39, 0.29) is 0 Å². The van der Waals surface area contributed by atoms with Crippen molar-refractivity contribution in [3.63, 3.8) is 0 Å². The Morgan fingerprint density at radius 1 is 1.53 bits per heavy atom. The van der Waals surface area contributed by atoms with Crippen molar-refractivity contribution in [3.8, 4) is 0 Å². The van der Waals surface area contributed by atoms with Crippen molar-refractivity contribution < 1.29 is 9.90 Å². The van der Waals surface area contributed by atoms with Gasteiger partial charge in [0.15, 0.2) is 4.34 Å². The average molecular weight is 238 g/mol. The Bertz CT molecular complexity index is 462. The molecule has 1 aromatic heterocycles. The number of carbonyl (C=O) groups excluding carboxylic acids is 1. The summed E-state index contributed by atoms with van der Waals surface area (Å²) in [4.78, 5) is 14.9. The molecule has 5 heteroatoms. The number of thiazole rings is 1. The number of carboxylic acid groups (broad SMARTS) is 1. The molecule has 0 bridgehead atoms. The van der Waals surface area contributed by atoms with Crippen LogP contribution in [-0.2, 0) is 4.79 Å². The summed E-state index contributed by atoms with van der Waals surface area (Å²) in [6.07, 6.45) is 0. The molecule has 0 fully saturated rings. The van der Waals surface area contributed by atoms with Crippen LogP contribution in [0.2, 0.25) is 0 Å². The first kappa shape index (κ1) is 10.4. The second-order valence-electron chi connectivity index (χ2n) is 3.03. The number of aliphatic carboxylic acids is 1. The van der Waals surface area contributed by atoms with Crippen LogP contribution in [0.15, 0.2) is 28.6 Å². The van der Waals surface area contributed by atoms with Crippen LogP contribution in [0, 0.1) is 0 Å². The van der Waals surface area contributed by atoms with Crippen LogP contribution < -0.4 is 5.11 Å². The molecule has 0 aliphatic rings. The molecule has 78 valence electrons. The van der Waals surface area contributed by atoms with E-state index in [9.17, 15) is 9.90 Å². The van der Waals surface area contributed by atoms with Crippen molar-refractivity contribution in [1.82, 2.24) is 4.98 Å². The molecule has 0 saturated carbocycles. The predicted octanol–water partition coefficient (Wildman–Crippen LogP) is 1.53. The molecule has 1 aromatic carbocycles. The number of aromatic nitrogens is 1. The highest BCUT2D eigenvalue weighted by Crippen LogP contribution is 2.31. The quantitative estimate of drug-likeness (QED) is 0.761. The van der Waals surface area contributed by atoms with Gasteiger partial charge < -0.3 is 9.90 Å². The summed E-state index contributed by atoms with van der Waals surface area (Å²) in [6.45, 7) is 1.60. The minimum Gasteiger partial charge on any atom is -0.549 e. The lowest BCUT2D eigenvalue weighted by Crippen LogP contribution is -2.31. The maximum Gasteiger partial charge on any atom is 0.151 e. The Morgan fingerprint density at radius 2 is 2.27 bits per heavy atom. The lowest BCUT2D eigenvalue weighted by molar-refractivity contribution is -0.304. The maximum atomic E-state index is 10.6. The molecule has 2 rings (SSSR count). The Morgan fingerprint density at radius 3 is 2.93 bits per heavy atom. The van der Waals surface area contributed by atoms with E-state index in [4.69, 9.17) is 0 Å². The Labute approximate surface area is 95.1 Å². The molecular weight excluding hydrogens is 230 g/mol. The molecule has 0 N–H and O–H groups in total. The Balaban J connectivity index is 2.26. The zero-order valence-corrected chi connectivity index (χ0v) is 9.60. The highest BCUT2D eigenvalue weighted by atomic mass is 32.2. The van der Waals surface area contributed by atoms with Gasteiger partial charge in [-0.3, -0.25) is 0 Å². The topological polar surface area (TPSA) is 53.0 Å². The number of fused-ring (bicyclic) bond motifs is 1. The van der Waals surface area contributed by atoms with Gasteiger partial charge in [-0.25, -0.2) is 4.98 Å². The lowest BCUT2D eigenvalue weighted by atomic mass is 10.3. The van der Waals surface area contributed by atoms with Crippen molar-refractivity contribution in [2.45, 2.75) is 16.5 Å². The molecule has 15 heavy (non-hydrogen) atoms. The van der Waals surface area contributed by atoms with Gasteiger partial charge >= 0.3 is 0 Å². The number of thioether (sulfide) groups is 1. The van der Waals surface area contributed by atoms with Crippen LogP contribution in [0.4, 0.5) is 0 Å². The van der Waals surface area contributed by atoms with Gasteiger partial charge in [0, 0.05) is 5.25 Å². The molecule has 3 nitrogen and oxygen atoms in total. The molecule has 1 atom stereocenters. The van der Waals surface area contributed by atoms with Gasteiger partial charge in [-0.1, -0.05) is 23.9 Å². The lowest BCUT2D eigenvalue weighted by Gasteiger charge is -2.08. The highest BCUT2D eigenvalue weighted by molar-refractivity contribution is 8.02. The number of rotatable bonds is 3. The molecular formula is C10H8NO2S2-. The Kier molecular flexibility index (Phi) is 2.93. The molecule has 0 unspecified atom stereocenters. The fraction of sp³-hybridized carbons (Fsp3) is 0.200. The first-order chi connectivity index (χ1) is 7.16. The third-order valence-corrected chi connectivity index (χ3v) is 4.09. The smallest absolute Gasteiger partial charge is 0.151 e. The summed E-state index contributed by atoms with van der Waals surface area (Å²) >= 11 is 2.73. The molecule has 0 spiro atoms. The molecule has 1 heterocycles. The summed E-state index contributed by atoms with van der Waals surface area (Å²) in [6, 6.07) is 7.75. The minimum absolute atomic E-state index is 0.564. The second-order valence-corrected chi connectivity index (χ2v) is 5.65. The minimum atomic E-state index is -1.06. The molecule has 2 aromatic rings. The van der Waals surface area contributed by atoms with Crippen molar-refractivity contribution in [3.05, 3.63) is 24.3 Å². The van der Waals surface area contributed by atoms with E-state index in [0.717, 1.165) is 14.6 Å². The van der Waals surface area contributed by atoms with Crippen LogP contribution in [0.3, 0.4) is 0 Å². The summed E-state index contributed by atoms with van der Waals surface area (Å²) in [5.41, 5.74) is 0.913. The van der Waals surface area contributed by atoms with Crippen LogP contribution in [-0.4, -0.2) is 16.2 Å². The second kappa shape index (κ2) is 4.20. The maximum absolute atomic E-state index is 10.6. The zero-order chi connectivity index (χ0) is 10.8. The third-order valence-electron chi connectivity index (χ3n) is 1.88. The van der Waals surface area contributed by atoms with Gasteiger partial charge in [0.1, 0.15) is 0 Å². The summed E-state index contributed by atoms with van der Waals surface area (Å²) < 4.78 is 1.85. The Hall–Kier alpha value is -1.07. The first-order valence-electron chi connectivity index (χ1n) is 4.40. The van der Waals surface area contributed by atoms with E-state index in [0.29, 0.717) is 0 Å². The summed E-state index contributed by atoms with van der Waals surface area (Å²) in [5, 5.41) is 10.00. The van der Waals surface area contributed by atoms with Crippen LogP contribution >= 0.6 is 23.1 Å². The standard InChI is InChI=1S/C10H9NO2S2/c1-6(9(12)13)14-10-11-7-4-2-3-5-8(7)15-10/h2-6H,1H3,(H,12,13)/p-1/t6-/m0/s1. The molecule has 0 saturated heterocycles. The normalized spacial score (nSPS) is 12.9. The predicted molar refractivity (Wildman–Crippen MR) is 59.9 cm³/mol. The highest BCUT2D eigenvalue weighted by Gasteiger charge is 2.09. The SMILES string of the molecule is C[C@H](Sc1nc2ccccc2s1)C(=O)[O-]. The van der Waals surface area contributed by atoms with Gasteiger partial charge in [-0.2, -0.15) is 0 Å². The third kappa shape index (κ3) is 2.30. The van der Waals surface area contributed by atoms with E-state index in [1.54, 1.807) is 6.92 Å². The van der Waals surface area contributed by atoms with Crippen molar-refractivity contribution in [1.29, 1.82) is 0 Å². The van der Waals surface area contributed by atoms with Crippen molar-refractivity contribution >= 4 is 39.3 Å². The van der Waals surface area contributed by atoms with Gasteiger partial charge in [-0.05, 0) is 19.1 Å². The first-order valence-corrected chi connectivity index (χ1v) is 6.09. The van der Waals surface area contributed by atoms with E-state index >= 15 is 0 Å². The van der Waals surface area contributed by atoms with Gasteiger partial charge in [0.05, 0.1) is 16.2 Å². The molecule has 0 amide bonds. The van der Waals surface area contributed by atoms with E-state index < -0.39 is 11.2 Å². The molecule has 0 aliphatic heterocycles. The van der Waals surface area contributed by atoms with E-state index in [1.807, 2.05) is 24.3 Å². The fourth-order valence-corrected chi connectivity index (χ4v) is 3.24. The zero-order valence-electron chi connectivity index (χ0n) is 7.97. The number of hydrogen-bond donors (Lipinski definition) is 0. The number of para-hydroxylation sites is 1. The number of hydrogen-bond acceptors (Lipinski definition) is 5. The largest absolute Gasteiger partial charge is 0.549 e. The van der Waals surface area contributed by atoms with Gasteiger partial charge in [0.2, 0.25) is 0 Å². The van der Waals surface area contributed by atoms with Crippen LogP contribution in [0.1, 0.15) is 6.92 Å². The number of carbonyl (C=O) groups is 1.